The summed E-state index contributed by atoms with van der Waals surface area (Å²) in [7, 11) is 0. The van der Waals surface area contributed by atoms with Crippen molar-refractivity contribution in [3.05, 3.63) is 75.4 Å². The van der Waals surface area contributed by atoms with Gasteiger partial charge in [0.1, 0.15) is 11.5 Å². The first-order valence-electron chi connectivity index (χ1n) is 7.22. The lowest BCUT2D eigenvalue weighted by molar-refractivity contribution is -0.115. The molecule has 0 aliphatic carbocycles. The van der Waals surface area contributed by atoms with Gasteiger partial charge in [0.2, 0.25) is 0 Å². The van der Waals surface area contributed by atoms with Crippen LogP contribution in [0, 0.1) is 0 Å². The van der Waals surface area contributed by atoms with Crippen molar-refractivity contribution < 1.29 is 4.79 Å². The third kappa shape index (κ3) is 3.81. The molecule has 0 saturated heterocycles. The van der Waals surface area contributed by atoms with E-state index in [0.717, 1.165) is 22.6 Å². The van der Waals surface area contributed by atoms with Crippen molar-refractivity contribution in [3.8, 4) is 0 Å². The second-order valence-electron chi connectivity index (χ2n) is 5.16. The predicted octanol–water partition coefficient (Wildman–Crippen LogP) is 4.50. The number of benzene rings is 2. The third-order valence-corrected chi connectivity index (χ3v) is 4.25. The molecule has 3 nitrogen and oxygen atoms in total. The maximum absolute atomic E-state index is 12.0. The average molecular weight is 345 g/mol. The molecular formula is C18H14Cl2N2O. The topological polar surface area (TPSA) is 41.5 Å². The molecule has 3 rings (SSSR count). The highest BCUT2D eigenvalue weighted by molar-refractivity contribution is 6.32. The molecule has 0 atom stereocenters. The van der Waals surface area contributed by atoms with E-state index in [4.69, 9.17) is 23.2 Å². The summed E-state index contributed by atoms with van der Waals surface area (Å²) in [6, 6.07) is 15.0. The van der Waals surface area contributed by atoms with Crippen molar-refractivity contribution in [1.82, 2.24) is 5.32 Å². The van der Waals surface area contributed by atoms with Gasteiger partial charge < -0.3 is 5.32 Å². The van der Waals surface area contributed by atoms with Crippen molar-refractivity contribution in [2.24, 2.45) is 4.99 Å². The standard InChI is InChI=1S/C18H14Cl2N2O/c19-14-7-3-1-5-12(14)9-10-17-21-16(18(23)22-17)11-13-6-2-4-8-15(13)20/h1-8,11H,9-10H2,(H,21,22,23)/b16-11-. The number of aliphatic imine (C=N–C) groups is 1. The van der Waals surface area contributed by atoms with Crippen LogP contribution in [0.1, 0.15) is 17.5 Å². The lowest BCUT2D eigenvalue weighted by Gasteiger charge is -2.03. The monoisotopic (exact) mass is 344 g/mol. The lowest BCUT2D eigenvalue weighted by Crippen LogP contribution is -2.24. The highest BCUT2D eigenvalue weighted by Crippen LogP contribution is 2.21. The van der Waals surface area contributed by atoms with Gasteiger partial charge in [0, 0.05) is 16.5 Å². The van der Waals surface area contributed by atoms with Crippen LogP contribution >= 0.6 is 23.2 Å². The van der Waals surface area contributed by atoms with E-state index in [0.29, 0.717) is 23.0 Å². The quantitative estimate of drug-likeness (QED) is 0.815. The molecule has 0 fully saturated rings. The Hall–Kier alpha value is -2.10. The summed E-state index contributed by atoms with van der Waals surface area (Å²) in [5.74, 6) is 0.437. The largest absolute Gasteiger partial charge is 0.309 e. The van der Waals surface area contributed by atoms with E-state index in [1.165, 1.54) is 0 Å². The highest BCUT2D eigenvalue weighted by Gasteiger charge is 2.20. The Bertz CT molecular complexity index is 812. The van der Waals surface area contributed by atoms with Gasteiger partial charge in [-0.1, -0.05) is 59.6 Å². The molecule has 0 radical (unpaired) electrons. The smallest absolute Gasteiger partial charge is 0.275 e. The van der Waals surface area contributed by atoms with Crippen molar-refractivity contribution in [2.45, 2.75) is 12.8 Å². The Labute approximate surface area is 144 Å². The normalized spacial score (nSPS) is 15.7. The number of amidine groups is 1. The van der Waals surface area contributed by atoms with Crippen LogP contribution in [0.2, 0.25) is 10.0 Å². The van der Waals surface area contributed by atoms with Gasteiger partial charge in [-0.25, -0.2) is 4.99 Å². The molecule has 116 valence electrons. The minimum absolute atomic E-state index is 0.209. The number of halogens is 2. The van der Waals surface area contributed by atoms with E-state index in [1.54, 1.807) is 12.1 Å². The zero-order valence-corrected chi connectivity index (χ0v) is 13.7. The van der Waals surface area contributed by atoms with Crippen LogP contribution < -0.4 is 5.32 Å². The van der Waals surface area contributed by atoms with Gasteiger partial charge in [0.25, 0.3) is 5.91 Å². The maximum Gasteiger partial charge on any atom is 0.275 e. The van der Waals surface area contributed by atoms with E-state index in [-0.39, 0.29) is 5.91 Å². The predicted molar refractivity (Wildman–Crippen MR) is 94.8 cm³/mol. The first-order chi connectivity index (χ1) is 11.1. The van der Waals surface area contributed by atoms with Gasteiger partial charge >= 0.3 is 0 Å². The maximum atomic E-state index is 12.0. The minimum Gasteiger partial charge on any atom is -0.309 e. The number of aryl methyl sites for hydroxylation is 1. The van der Waals surface area contributed by atoms with E-state index < -0.39 is 0 Å². The zero-order valence-electron chi connectivity index (χ0n) is 12.2. The fraction of sp³-hybridized carbons (Fsp3) is 0.111. The SMILES string of the molecule is O=C1NC(CCc2ccccc2Cl)=N/C1=C\c1ccccc1Cl. The van der Waals surface area contributed by atoms with Gasteiger partial charge in [0.05, 0.1) is 0 Å². The first-order valence-corrected chi connectivity index (χ1v) is 7.97. The number of rotatable bonds is 4. The van der Waals surface area contributed by atoms with Crippen LogP contribution in [0.3, 0.4) is 0 Å². The molecule has 5 heteroatoms. The molecule has 1 heterocycles. The second-order valence-corrected chi connectivity index (χ2v) is 5.97. The molecular weight excluding hydrogens is 331 g/mol. The molecule has 1 amide bonds. The average Bonchev–Trinajstić information content (AvgIpc) is 2.89. The number of carbonyl (C=O) groups excluding carboxylic acids is 1. The molecule has 0 saturated carbocycles. The third-order valence-electron chi connectivity index (χ3n) is 3.53. The Morgan fingerprint density at radius 3 is 2.39 bits per heavy atom. The van der Waals surface area contributed by atoms with Gasteiger partial charge in [-0.15, -0.1) is 0 Å². The summed E-state index contributed by atoms with van der Waals surface area (Å²) in [6.45, 7) is 0. The molecule has 2 aromatic carbocycles. The fourth-order valence-electron chi connectivity index (χ4n) is 2.33. The summed E-state index contributed by atoms with van der Waals surface area (Å²) in [4.78, 5) is 16.4. The van der Waals surface area contributed by atoms with E-state index in [1.807, 2.05) is 42.5 Å². The fourth-order valence-corrected chi connectivity index (χ4v) is 2.75. The number of hydrogen-bond donors (Lipinski definition) is 1. The second kappa shape index (κ2) is 6.99. The van der Waals surface area contributed by atoms with Crippen LogP contribution in [-0.2, 0) is 11.2 Å². The number of hydrogen-bond acceptors (Lipinski definition) is 2. The number of carbonyl (C=O) groups is 1. The van der Waals surface area contributed by atoms with Gasteiger partial charge in [-0.2, -0.15) is 0 Å². The van der Waals surface area contributed by atoms with Gasteiger partial charge in [0.15, 0.2) is 0 Å². The Morgan fingerprint density at radius 2 is 1.65 bits per heavy atom. The molecule has 0 bridgehead atoms. The molecule has 0 aromatic heterocycles. The number of nitrogens with one attached hydrogen (secondary N) is 1. The van der Waals surface area contributed by atoms with Crippen LogP contribution in [0.15, 0.2) is 59.2 Å². The van der Waals surface area contributed by atoms with Crippen LogP contribution in [-0.4, -0.2) is 11.7 Å². The Kier molecular flexibility index (Phi) is 4.79. The molecule has 1 aliphatic rings. The lowest BCUT2D eigenvalue weighted by atomic mass is 10.1. The summed E-state index contributed by atoms with van der Waals surface area (Å²) in [6.07, 6.45) is 3.04. The van der Waals surface area contributed by atoms with Gasteiger partial charge in [-0.05, 0) is 35.8 Å². The first kappa shape index (κ1) is 15.8. The Balaban J connectivity index is 1.74. The molecule has 0 unspecified atom stereocenters. The van der Waals surface area contributed by atoms with Crippen molar-refractivity contribution in [3.63, 3.8) is 0 Å². The molecule has 23 heavy (non-hydrogen) atoms. The van der Waals surface area contributed by atoms with E-state index in [2.05, 4.69) is 10.3 Å². The van der Waals surface area contributed by atoms with Crippen LogP contribution in [0.5, 0.6) is 0 Å². The van der Waals surface area contributed by atoms with E-state index in [9.17, 15) is 4.79 Å². The molecule has 1 aliphatic heterocycles. The molecule has 2 aromatic rings. The summed E-state index contributed by atoms with van der Waals surface area (Å²) < 4.78 is 0. The summed E-state index contributed by atoms with van der Waals surface area (Å²) >= 11 is 12.2. The van der Waals surface area contributed by atoms with Crippen LogP contribution in [0.25, 0.3) is 6.08 Å². The van der Waals surface area contributed by atoms with Crippen molar-refractivity contribution >= 4 is 41.0 Å². The van der Waals surface area contributed by atoms with Crippen molar-refractivity contribution in [1.29, 1.82) is 0 Å². The Morgan fingerprint density at radius 1 is 0.957 bits per heavy atom. The number of nitrogens with zero attached hydrogens (tertiary/aromatic N) is 1. The van der Waals surface area contributed by atoms with Crippen molar-refractivity contribution in [2.75, 3.05) is 0 Å². The minimum atomic E-state index is -0.209. The molecule has 1 N–H and O–H groups in total. The molecule has 0 spiro atoms. The summed E-state index contributed by atoms with van der Waals surface area (Å²) in [5, 5.41) is 4.11. The highest BCUT2D eigenvalue weighted by atomic mass is 35.5. The van der Waals surface area contributed by atoms with E-state index >= 15 is 0 Å². The van der Waals surface area contributed by atoms with Gasteiger partial charge in [-0.3, -0.25) is 4.79 Å². The summed E-state index contributed by atoms with van der Waals surface area (Å²) in [5.41, 5.74) is 2.18. The van der Waals surface area contributed by atoms with Crippen LogP contribution in [0.4, 0.5) is 0 Å². The number of amides is 1. The zero-order chi connectivity index (χ0) is 16.2.